The van der Waals surface area contributed by atoms with Crippen molar-refractivity contribution in [3.63, 3.8) is 0 Å². The summed E-state index contributed by atoms with van der Waals surface area (Å²) in [6.45, 7) is 14.3. The molecule has 1 N–H and O–H groups in total. The largest absolute Gasteiger partial charge is 0.417 e. The molecular weight excluding hydrogens is 523 g/mol. The average Bonchev–Trinajstić information content (AvgIpc) is 3.08. The highest BCUT2D eigenvalue weighted by atomic mass is 28.4. The number of nitrogens with zero attached hydrogens (tertiary/aromatic N) is 1. The minimum Gasteiger partial charge on any atom is -0.411 e. The zero-order valence-corrected chi connectivity index (χ0v) is 23.9. The number of halogens is 5. The lowest BCUT2D eigenvalue weighted by atomic mass is 9.76. The summed E-state index contributed by atoms with van der Waals surface area (Å²) in [6.07, 6.45) is -5.03. The summed E-state index contributed by atoms with van der Waals surface area (Å²) in [6, 6.07) is 5.29. The normalized spacial score (nSPS) is 24.5. The van der Waals surface area contributed by atoms with Gasteiger partial charge in [0.05, 0.1) is 24.2 Å². The SMILES string of the molecule is Cc1c(C2C(C(=O)Nc3ccc(CO[Si](C)(C)C(C)(C)C)nc3)OC(C)(C(F)(F)F)C2C)ccc(F)c1F. The summed E-state index contributed by atoms with van der Waals surface area (Å²) >= 11 is 0. The van der Waals surface area contributed by atoms with Crippen LogP contribution < -0.4 is 5.32 Å². The van der Waals surface area contributed by atoms with E-state index in [1.807, 2.05) is 0 Å². The van der Waals surface area contributed by atoms with E-state index in [1.165, 1.54) is 26.1 Å². The molecule has 1 saturated heterocycles. The van der Waals surface area contributed by atoms with Crippen LogP contribution in [-0.2, 0) is 20.6 Å². The van der Waals surface area contributed by atoms with Crippen LogP contribution in [0.25, 0.3) is 0 Å². The molecule has 210 valence electrons. The number of anilines is 1. The first-order valence-electron chi connectivity index (χ1n) is 12.4. The van der Waals surface area contributed by atoms with Crippen LogP contribution in [0.1, 0.15) is 57.4 Å². The van der Waals surface area contributed by atoms with Crippen molar-refractivity contribution < 1.29 is 35.9 Å². The van der Waals surface area contributed by atoms with Crippen LogP contribution in [0.4, 0.5) is 27.6 Å². The van der Waals surface area contributed by atoms with Crippen molar-refractivity contribution in [2.45, 2.75) is 90.1 Å². The summed E-state index contributed by atoms with van der Waals surface area (Å²) in [5, 5.41) is 2.59. The topological polar surface area (TPSA) is 60.5 Å². The van der Waals surface area contributed by atoms with Gasteiger partial charge in [0.2, 0.25) is 0 Å². The summed E-state index contributed by atoms with van der Waals surface area (Å²) in [7, 11) is -2.00. The van der Waals surface area contributed by atoms with E-state index >= 15 is 0 Å². The van der Waals surface area contributed by atoms with Gasteiger partial charge >= 0.3 is 6.18 Å². The van der Waals surface area contributed by atoms with Gasteiger partial charge in [0.25, 0.3) is 5.91 Å². The van der Waals surface area contributed by atoms with Crippen molar-refractivity contribution in [1.82, 2.24) is 4.98 Å². The minimum absolute atomic E-state index is 0.0204. The lowest BCUT2D eigenvalue weighted by Gasteiger charge is -2.36. The second-order valence-corrected chi connectivity index (χ2v) is 16.4. The van der Waals surface area contributed by atoms with E-state index in [0.29, 0.717) is 5.69 Å². The molecule has 1 amide bonds. The molecule has 11 heteroatoms. The monoisotopic (exact) mass is 558 g/mol. The van der Waals surface area contributed by atoms with Crippen molar-refractivity contribution >= 4 is 19.9 Å². The molecular formula is C27H35F5N2O3Si. The fourth-order valence-electron chi connectivity index (χ4n) is 4.32. The third kappa shape index (κ3) is 5.65. The van der Waals surface area contributed by atoms with E-state index in [0.717, 1.165) is 13.0 Å². The maximum atomic E-state index is 14.4. The van der Waals surface area contributed by atoms with Crippen LogP contribution in [0, 0.1) is 24.5 Å². The number of hydrogen-bond acceptors (Lipinski definition) is 4. The van der Waals surface area contributed by atoms with Gasteiger partial charge in [0.1, 0.15) is 6.10 Å². The molecule has 1 aliphatic heterocycles. The molecule has 1 aromatic carbocycles. The van der Waals surface area contributed by atoms with Crippen LogP contribution in [0.3, 0.4) is 0 Å². The average molecular weight is 559 g/mol. The predicted molar refractivity (Wildman–Crippen MR) is 137 cm³/mol. The number of carbonyl (C=O) groups excluding carboxylic acids is 1. The Kier molecular flexibility index (Phi) is 8.19. The van der Waals surface area contributed by atoms with Gasteiger partial charge in [-0.15, -0.1) is 0 Å². The third-order valence-electron chi connectivity index (χ3n) is 8.15. The summed E-state index contributed by atoms with van der Waals surface area (Å²) in [4.78, 5) is 17.6. The van der Waals surface area contributed by atoms with Crippen LogP contribution >= 0.6 is 0 Å². The van der Waals surface area contributed by atoms with Crippen molar-refractivity contribution in [2.75, 3.05) is 5.32 Å². The number of benzene rings is 1. The Labute approximate surface area is 221 Å². The van der Waals surface area contributed by atoms with Gasteiger partial charge in [0.15, 0.2) is 25.6 Å². The molecule has 5 nitrogen and oxygen atoms in total. The van der Waals surface area contributed by atoms with Gasteiger partial charge in [-0.2, -0.15) is 13.2 Å². The van der Waals surface area contributed by atoms with E-state index in [-0.39, 0.29) is 28.5 Å². The summed E-state index contributed by atoms with van der Waals surface area (Å²) < 4.78 is 81.8. The van der Waals surface area contributed by atoms with E-state index < -0.39 is 55.6 Å². The van der Waals surface area contributed by atoms with Crippen LogP contribution in [-0.4, -0.2) is 37.1 Å². The molecule has 3 rings (SSSR count). The third-order valence-corrected chi connectivity index (χ3v) is 12.6. The minimum atomic E-state index is -4.81. The molecule has 0 spiro atoms. The van der Waals surface area contributed by atoms with Gasteiger partial charge in [0, 0.05) is 11.8 Å². The van der Waals surface area contributed by atoms with Gasteiger partial charge in [-0.25, -0.2) is 8.78 Å². The van der Waals surface area contributed by atoms with E-state index in [4.69, 9.17) is 9.16 Å². The van der Waals surface area contributed by atoms with Crippen LogP contribution in [0.2, 0.25) is 18.1 Å². The number of ether oxygens (including phenoxy) is 1. The van der Waals surface area contributed by atoms with Crippen molar-refractivity contribution in [3.05, 3.63) is 58.9 Å². The molecule has 0 saturated carbocycles. The highest BCUT2D eigenvalue weighted by molar-refractivity contribution is 6.74. The quantitative estimate of drug-likeness (QED) is 0.299. The maximum absolute atomic E-state index is 14.4. The lowest BCUT2D eigenvalue weighted by Crippen LogP contribution is -2.47. The van der Waals surface area contributed by atoms with Crippen molar-refractivity contribution in [3.8, 4) is 0 Å². The molecule has 38 heavy (non-hydrogen) atoms. The summed E-state index contributed by atoms with van der Waals surface area (Å²) in [5.41, 5.74) is -1.87. The van der Waals surface area contributed by atoms with Crippen LogP contribution in [0.5, 0.6) is 0 Å². The maximum Gasteiger partial charge on any atom is 0.417 e. The number of amides is 1. The zero-order chi connectivity index (χ0) is 28.8. The molecule has 0 aliphatic carbocycles. The Hall–Kier alpha value is -2.37. The number of carbonyl (C=O) groups is 1. The second-order valence-electron chi connectivity index (χ2n) is 11.6. The Bertz CT molecular complexity index is 1180. The fraction of sp³-hybridized carbons (Fsp3) is 0.556. The number of nitrogens with one attached hydrogen (secondary N) is 1. The first kappa shape index (κ1) is 30.2. The first-order valence-corrected chi connectivity index (χ1v) is 15.3. The van der Waals surface area contributed by atoms with Crippen molar-refractivity contribution in [1.29, 1.82) is 0 Å². The Morgan fingerprint density at radius 2 is 1.79 bits per heavy atom. The number of hydrogen-bond donors (Lipinski definition) is 1. The number of alkyl halides is 3. The Morgan fingerprint density at radius 1 is 1.16 bits per heavy atom. The van der Waals surface area contributed by atoms with E-state index in [9.17, 15) is 26.7 Å². The Balaban J connectivity index is 1.85. The van der Waals surface area contributed by atoms with Gasteiger partial charge in [-0.1, -0.05) is 33.8 Å². The molecule has 2 heterocycles. The van der Waals surface area contributed by atoms with Gasteiger partial charge < -0.3 is 14.5 Å². The standard InChI is InChI=1S/C27H35F5N2O3Si/c1-15-19(11-12-20(28)22(15)29)21-16(2)26(6,27(30,31)32)37-23(21)24(35)34-17-9-10-18(33-13-17)14-36-38(7,8)25(3,4)5/h9-13,16,21,23H,14H2,1-8H3,(H,34,35). The van der Waals surface area contributed by atoms with E-state index in [1.54, 1.807) is 12.1 Å². The number of rotatable bonds is 6. The van der Waals surface area contributed by atoms with E-state index in [2.05, 4.69) is 44.2 Å². The molecule has 0 radical (unpaired) electrons. The molecule has 0 bridgehead atoms. The molecule has 4 atom stereocenters. The fourth-order valence-corrected chi connectivity index (χ4v) is 5.26. The predicted octanol–water partition coefficient (Wildman–Crippen LogP) is 7.27. The molecule has 1 aromatic heterocycles. The highest BCUT2D eigenvalue weighted by Crippen LogP contribution is 2.54. The number of pyridine rings is 1. The first-order chi connectivity index (χ1) is 17.3. The second kappa shape index (κ2) is 10.3. The zero-order valence-electron chi connectivity index (χ0n) is 22.9. The molecule has 1 aliphatic rings. The molecule has 2 aromatic rings. The highest BCUT2D eigenvalue weighted by Gasteiger charge is 2.65. The van der Waals surface area contributed by atoms with Crippen molar-refractivity contribution in [2.24, 2.45) is 5.92 Å². The Morgan fingerprint density at radius 3 is 2.32 bits per heavy atom. The summed E-state index contributed by atoms with van der Waals surface area (Å²) in [5.74, 6) is -5.59. The number of aromatic nitrogens is 1. The van der Waals surface area contributed by atoms with Crippen LogP contribution in [0.15, 0.2) is 30.5 Å². The van der Waals surface area contributed by atoms with Gasteiger partial charge in [-0.3, -0.25) is 9.78 Å². The molecule has 4 unspecified atom stereocenters. The van der Waals surface area contributed by atoms with Gasteiger partial charge in [-0.05, 0) is 61.3 Å². The lowest BCUT2D eigenvalue weighted by molar-refractivity contribution is -0.272. The molecule has 1 fully saturated rings. The smallest absolute Gasteiger partial charge is 0.411 e.